The molecule has 2 fully saturated rings. The Kier molecular flexibility index (Phi) is 7.41. The molecule has 3 atom stereocenters. The van der Waals surface area contributed by atoms with Gasteiger partial charge in [0.25, 0.3) is 0 Å². The molecule has 2 heterocycles. The van der Waals surface area contributed by atoms with E-state index < -0.39 is 5.60 Å². The second-order valence-corrected chi connectivity index (χ2v) is 9.76. The van der Waals surface area contributed by atoms with E-state index in [-0.39, 0.29) is 6.09 Å². The first-order valence-electron chi connectivity index (χ1n) is 10.7. The molecule has 0 aromatic rings. The maximum absolute atomic E-state index is 12.6. The SMILES string of the molecule is C/C=C1\C(=C/CC(C)CC(C)C)N[C@@H]2CCCN(C(=O)OC(C)(C)C)C[C@@H]12. The van der Waals surface area contributed by atoms with Crippen LogP contribution in [0.25, 0.3) is 0 Å². The summed E-state index contributed by atoms with van der Waals surface area (Å²) in [6, 6.07) is 0.426. The van der Waals surface area contributed by atoms with Gasteiger partial charge in [0.2, 0.25) is 0 Å². The van der Waals surface area contributed by atoms with Crippen molar-refractivity contribution in [3.8, 4) is 0 Å². The largest absolute Gasteiger partial charge is 0.444 e. The summed E-state index contributed by atoms with van der Waals surface area (Å²) < 4.78 is 5.63. The normalized spacial score (nSPS) is 27.5. The number of amides is 1. The molecule has 0 aromatic carbocycles. The number of allylic oxidation sites excluding steroid dienone is 3. The quantitative estimate of drug-likeness (QED) is 0.703. The first-order chi connectivity index (χ1) is 12.6. The number of ether oxygens (including phenoxy) is 1. The van der Waals surface area contributed by atoms with Crippen LogP contribution in [0, 0.1) is 17.8 Å². The molecule has 2 aliphatic heterocycles. The highest BCUT2D eigenvalue weighted by molar-refractivity contribution is 5.68. The molecule has 2 aliphatic rings. The Labute approximate surface area is 166 Å². The van der Waals surface area contributed by atoms with E-state index in [0.29, 0.717) is 17.9 Å². The predicted molar refractivity (Wildman–Crippen MR) is 113 cm³/mol. The zero-order valence-corrected chi connectivity index (χ0v) is 18.5. The Hall–Kier alpha value is -1.45. The summed E-state index contributed by atoms with van der Waals surface area (Å²) >= 11 is 0. The molecule has 1 amide bonds. The van der Waals surface area contributed by atoms with Gasteiger partial charge < -0.3 is 15.0 Å². The number of likely N-dealkylation sites (tertiary alicyclic amines) is 1. The Morgan fingerprint density at radius 3 is 2.63 bits per heavy atom. The minimum atomic E-state index is -0.447. The van der Waals surface area contributed by atoms with Crippen molar-refractivity contribution in [3.63, 3.8) is 0 Å². The molecule has 0 aromatic heterocycles. The van der Waals surface area contributed by atoms with Gasteiger partial charge in [0.1, 0.15) is 5.60 Å². The Balaban J connectivity index is 2.08. The zero-order chi connectivity index (χ0) is 20.2. The highest BCUT2D eigenvalue weighted by Crippen LogP contribution is 2.35. The van der Waals surface area contributed by atoms with Crippen molar-refractivity contribution in [2.24, 2.45) is 17.8 Å². The molecule has 154 valence electrons. The average molecular weight is 377 g/mol. The van der Waals surface area contributed by atoms with Gasteiger partial charge in [-0.1, -0.05) is 32.9 Å². The van der Waals surface area contributed by atoms with E-state index in [4.69, 9.17) is 4.74 Å². The van der Waals surface area contributed by atoms with E-state index in [1.807, 2.05) is 25.7 Å². The number of nitrogens with one attached hydrogen (secondary N) is 1. The minimum absolute atomic E-state index is 0.179. The van der Waals surface area contributed by atoms with Crippen molar-refractivity contribution in [2.75, 3.05) is 13.1 Å². The highest BCUT2D eigenvalue weighted by Gasteiger charge is 2.38. The molecule has 2 saturated heterocycles. The van der Waals surface area contributed by atoms with Crippen LogP contribution in [0.2, 0.25) is 0 Å². The van der Waals surface area contributed by atoms with E-state index in [1.165, 1.54) is 17.7 Å². The van der Waals surface area contributed by atoms with Crippen molar-refractivity contribution in [3.05, 3.63) is 23.4 Å². The topological polar surface area (TPSA) is 41.6 Å². The molecule has 1 N–H and O–H groups in total. The summed E-state index contributed by atoms with van der Waals surface area (Å²) in [6.07, 6.45) is 8.91. The van der Waals surface area contributed by atoms with Crippen LogP contribution in [0.3, 0.4) is 0 Å². The van der Waals surface area contributed by atoms with Crippen molar-refractivity contribution in [2.45, 2.75) is 85.8 Å². The maximum atomic E-state index is 12.6. The lowest BCUT2D eigenvalue weighted by molar-refractivity contribution is 0.0242. The van der Waals surface area contributed by atoms with Crippen LogP contribution in [-0.2, 0) is 4.74 Å². The second kappa shape index (κ2) is 9.16. The van der Waals surface area contributed by atoms with Gasteiger partial charge in [0.05, 0.1) is 0 Å². The van der Waals surface area contributed by atoms with Gasteiger partial charge in [-0.25, -0.2) is 4.79 Å². The highest BCUT2D eigenvalue weighted by atomic mass is 16.6. The number of hydrogen-bond acceptors (Lipinski definition) is 3. The van der Waals surface area contributed by atoms with Crippen molar-refractivity contribution in [1.29, 1.82) is 0 Å². The monoisotopic (exact) mass is 376 g/mol. The summed E-state index contributed by atoms with van der Waals surface area (Å²) in [6.45, 7) is 16.3. The second-order valence-electron chi connectivity index (χ2n) is 9.76. The summed E-state index contributed by atoms with van der Waals surface area (Å²) in [7, 11) is 0. The summed E-state index contributed by atoms with van der Waals surface area (Å²) in [5, 5.41) is 3.76. The van der Waals surface area contributed by atoms with Crippen molar-refractivity contribution >= 4 is 6.09 Å². The van der Waals surface area contributed by atoms with E-state index in [9.17, 15) is 4.79 Å². The van der Waals surface area contributed by atoms with Gasteiger partial charge in [-0.05, 0) is 70.8 Å². The summed E-state index contributed by atoms with van der Waals surface area (Å²) in [5.74, 6) is 1.79. The fourth-order valence-electron chi connectivity index (χ4n) is 4.39. The van der Waals surface area contributed by atoms with E-state index in [2.05, 4.69) is 45.2 Å². The lowest BCUT2D eigenvalue weighted by Gasteiger charge is -2.28. The van der Waals surface area contributed by atoms with Gasteiger partial charge in [0, 0.05) is 30.7 Å². The number of carbonyl (C=O) groups is 1. The van der Waals surface area contributed by atoms with Crippen LogP contribution < -0.4 is 5.32 Å². The van der Waals surface area contributed by atoms with Crippen molar-refractivity contribution in [1.82, 2.24) is 10.2 Å². The number of fused-ring (bicyclic) bond motifs is 1. The molecule has 0 spiro atoms. The van der Waals surface area contributed by atoms with E-state index >= 15 is 0 Å². The standard InChI is InChI=1S/C23H40N2O2/c1-8-18-19-15-25(22(26)27-23(5,6)7)13-9-10-20(19)24-21(18)12-11-17(4)14-16(2)3/h8,12,16-17,19-20,24H,9-11,13-15H2,1-7H3/b18-8-,21-12+/t17?,19-,20+/m0/s1. The van der Waals surface area contributed by atoms with Gasteiger partial charge in [-0.15, -0.1) is 0 Å². The van der Waals surface area contributed by atoms with Gasteiger partial charge >= 0.3 is 6.09 Å². The predicted octanol–water partition coefficient (Wildman–Crippen LogP) is 5.51. The van der Waals surface area contributed by atoms with Crippen LogP contribution in [0.1, 0.15) is 74.1 Å². The molecule has 0 bridgehead atoms. The van der Waals surface area contributed by atoms with Crippen LogP contribution in [-0.4, -0.2) is 35.7 Å². The third-order valence-corrected chi connectivity index (χ3v) is 5.46. The first kappa shape index (κ1) is 21.8. The van der Waals surface area contributed by atoms with Gasteiger partial charge in [-0.2, -0.15) is 0 Å². The third kappa shape index (κ3) is 6.29. The molecule has 4 heteroatoms. The van der Waals surface area contributed by atoms with Gasteiger partial charge in [-0.3, -0.25) is 0 Å². The molecular formula is C23H40N2O2. The third-order valence-electron chi connectivity index (χ3n) is 5.46. The Morgan fingerprint density at radius 1 is 1.33 bits per heavy atom. The van der Waals surface area contributed by atoms with E-state index in [1.54, 1.807) is 0 Å². The summed E-state index contributed by atoms with van der Waals surface area (Å²) in [5.41, 5.74) is 2.21. The molecule has 0 saturated carbocycles. The first-order valence-corrected chi connectivity index (χ1v) is 10.7. The van der Waals surface area contributed by atoms with Crippen LogP contribution in [0.5, 0.6) is 0 Å². The summed E-state index contributed by atoms with van der Waals surface area (Å²) in [4.78, 5) is 14.5. The van der Waals surface area contributed by atoms with E-state index in [0.717, 1.165) is 38.3 Å². The molecule has 4 nitrogen and oxygen atoms in total. The lowest BCUT2D eigenvalue weighted by atomic mass is 9.91. The molecule has 0 radical (unpaired) electrons. The molecule has 0 aliphatic carbocycles. The number of hydrogen-bond donors (Lipinski definition) is 1. The fourth-order valence-corrected chi connectivity index (χ4v) is 4.39. The van der Waals surface area contributed by atoms with Gasteiger partial charge in [0.15, 0.2) is 0 Å². The molecule has 1 unspecified atom stereocenters. The zero-order valence-electron chi connectivity index (χ0n) is 18.5. The number of carbonyl (C=O) groups excluding carboxylic acids is 1. The fraction of sp³-hybridized carbons (Fsp3) is 0.783. The number of nitrogens with zero attached hydrogens (tertiary/aromatic N) is 1. The average Bonchev–Trinajstić information content (AvgIpc) is 2.71. The Bertz CT molecular complexity index is 571. The van der Waals surface area contributed by atoms with Crippen LogP contribution in [0.4, 0.5) is 4.79 Å². The maximum Gasteiger partial charge on any atom is 0.410 e. The smallest absolute Gasteiger partial charge is 0.410 e. The molecular weight excluding hydrogens is 336 g/mol. The van der Waals surface area contributed by atoms with Crippen LogP contribution >= 0.6 is 0 Å². The molecule has 27 heavy (non-hydrogen) atoms. The Morgan fingerprint density at radius 2 is 2.04 bits per heavy atom. The van der Waals surface area contributed by atoms with Crippen LogP contribution in [0.15, 0.2) is 23.4 Å². The van der Waals surface area contributed by atoms with Crippen molar-refractivity contribution < 1.29 is 9.53 Å². The molecule has 2 rings (SSSR count). The number of rotatable bonds is 4. The minimum Gasteiger partial charge on any atom is -0.444 e. The lowest BCUT2D eigenvalue weighted by Crippen LogP contribution is -2.40.